The Bertz CT molecular complexity index is 977. The van der Waals surface area contributed by atoms with Crippen molar-refractivity contribution in [2.24, 2.45) is 0 Å². The predicted molar refractivity (Wildman–Crippen MR) is 104 cm³/mol. The maximum absolute atomic E-state index is 12.8. The molecule has 0 fully saturated rings. The van der Waals surface area contributed by atoms with Crippen LogP contribution >= 0.6 is 0 Å². The van der Waals surface area contributed by atoms with Gasteiger partial charge in [0.2, 0.25) is 5.88 Å². The number of aromatic nitrogens is 1. The van der Waals surface area contributed by atoms with Gasteiger partial charge in [-0.3, -0.25) is 4.79 Å². The molecule has 150 valence electrons. The van der Waals surface area contributed by atoms with E-state index in [1.165, 1.54) is 32.5 Å². The maximum atomic E-state index is 12.8. The van der Waals surface area contributed by atoms with Crippen LogP contribution in [0.1, 0.15) is 10.4 Å². The van der Waals surface area contributed by atoms with Crippen LogP contribution < -0.4 is 19.5 Å². The van der Waals surface area contributed by atoms with Gasteiger partial charge in [-0.2, -0.15) is 8.78 Å². The first kappa shape index (κ1) is 20.1. The van der Waals surface area contributed by atoms with Gasteiger partial charge in [0.05, 0.1) is 19.8 Å². The Morgan fingerprint density at radius 1 is 1.00 bits per heavy atom. The highest BCUT2D eigenvalue weighted by Crippen LogP contribution is 2.34. The lowest BCUT2D eigenvalue weighted by atomic mass is 10.0. The number of nitrogens with zero attached hydrogens (tertiary/aromatic N) is 1. The third-order valence-electron chi connectivity index (χ3n) is 4.06. The summed E-state index contributed by atoms with van der Waals surface area (Å²) < 4.78 is 40.3. The number of halogens is 2. The number of amides is 1. The fourth-order valence-electron chi connectivity index (χ4n) is 2.64. The molecule has 3 aromatic rings. The Morgan fingerprint density at radius 3 is 2.34 bits per heavy atom. The molecule has 1 aromatic heterocycles. The second kappa shape index (κ2) is 9.01. The lowest BCUT2D eigenvalue weighted by Crippen LogP contribution is -2.12. The minimum atomic E-state index is -2.97. The normalized spacial score (nSPS) is 10.5. The number of anilines is 1. The van der Waals surface area contributed by atoms with Crippen molar-refractivity contribution in [2.45, 2.75) is 6.61 Å². The summed E-state index contributed by atoms with van der Waals surface area (Å²) in [5.41, 5.74) is 1.77. The number of pyridine rings is 1. The van der Waals surface area contributed by atoms with E-state index < -0.39 is 12.5 Å². The first-order chi connectivity index (χ1) is 14.0. The summed E-state index contributed by atoms with van der Waals surface area (Å²) in [6.45, 7) is -2.97. The number of carbonyl (C=O) groups is 1. The molecule has 29 heavy (non-hydrogen) atoms. The largest absolute Gasteiger partial charge is 0.497 e. The van der Waals surface area contributed by atoms with Gasteiger partial charge in [-0.15, -0.1) is 0 Å². The molecule has 0 aliphatic heterocycles. The molecule has 1 amide bonds. The van der Waals surface area contributed by atoms with Crippen LogP contribution in [-0.4, -0.2) is 31.7 Å². The lowest BCUT2D eigenvalue weighted by molar-refractivity contribution is -0.0494. The monoisotopic (exact) mass is 400 g/mol. The topological polar surface area (TPSA) is 69.7 Å². The molecule has 3 rings (SSSR count). The molecule has 6 nitrogen and oxygen atoms in total. The van der Waals surface area contributed by atoms with E-state index in [9.17, 15) is 13.6 Å². The second-order valence-corrected chi connectivity index (χ2v) is 5.86. The number of alkyl halides is 2. The van der Waals surface area contributed by atoms with Crippen molar-refractivity contribution >= 4 is 11.6 Å². The van der Waals surface area contributed by atoms with Crippen molar-refractivity contribution in [3.63, 3.8) is 0 Å². The third kappa shape index (κ3) is 4.98. The van der Waals surface area contributed by atoms with E-state index in [2.05, 4.69) is 15.0 Å². The van der Waals surface area contributed by atoms with E-state index >= 15 is 0 Å². The summed E-state index contributed by atoms with van der Waals surface area (Å²) in [6, 6.07) is 14.4. The minimum absolute atomic E-state index is 0.00530. The molecular weight excluding hydrogens is 382 g/mol. The van der Waals surface area contributed by atoms with Crippen molar-refractivity contribution in [1.29, 1.82) is 0 Å². The Balaban J connectivity index is 1.89. The minimum Gasteiger partial charge on any atom is -0.497 e. The first-order valence-corrected chi connectivity index (χ1v) is 8.55. The zero-order chi connectivity index (χ0) is 20.8. The molecule has 0 radical (unpaired) electrons. The number of carbonyl (C=O) groups excluding carboxylic acids is 1. The molecular formula is C21H18F2N2O4. The molecule has 0 atom stereocenters. The average Bonchev–Trinajstić information content (AvgIpc) is 2.74. The Morgan fingerprint density at radius 2 is 1.76 bits per heavy atom. The van der Waals surface area contributed by atoms with Gasteiger partial charge < -0.3 is 19.5 Å². The van der Waals surface area contributed by atoms with Crippen LogP contribution in [0, 0.1) is 0 Å². The van der Waals surface area contributed by atoms with Gasteiger partial charge in [-0.25, -0.2) is 4.98 Å². The van der Waals surface area contributed by atoms with Gasteiger partial charge >= 0.3 is 6.61 Å². The summed E-state index contributed by atoms with van der Waals surface area (Å²) >= 11 is 0. The molecule has 0 aliphatic rings. The second-order valence-electron chi connectivity index (χ2n) is 5.86. The highest BCUT2D eigenvalue weighted by atomic mass is 19.3. The van der Waals surface area contributed by atoms with Crippen molar-refractivity contribution in [2.75, 3.05) is 19.5 Å². The van der Waals surface area contributed by atoms with E-state index in [4.69, 9.17) is 9.47 Å². The quantitative estimate of drug-likeness (QED) is 0.627. The number of benzene rings is 2. The summed E-state index contributed by atoms with van der Waals surface area (Å²) in [4.78, 5) is 16.4. The smallest absolute Gasteiger partial charge is 0.387 e. The third-order valence-corrected chi connectivity index (χ3v) is 4.06. The van der Waals surface area contributed by atoms with E-state index in [1.807, 2.05) is 0 Å². The zero-order valence-electron chi connectivity index (χ0n) is 15.7. The number of ether oxygens (including phenoxy) is 3. The zero-order valence-corrected chi connectivity index (χ0v) is 15.7. The Labute approximate surface area is 166 Å². The standard InChI is InChI=1S/C21H18F2N2O4/c1-27-16-7-3-13(4-8-16)17-11-15(6-9-18(17)29-21(22)23)25-20(26)14-5-10-19(28-2)24-12-14/h3-12,21H,1-2H3,(H,25,26). The molecule has 0 spiro atoms. The van der Waals surface area contributed by atoms with E-state index in [0.717, 1.165) is 0 Å². The molecule has 0 saturated carbocycles. The highest BCUT2D eigenvalue weighted by molar-refractivity contribution is 6.04. The molecule has 0 bridgehead atoms. The average molecular weight is 400 g/mol. The van der Waals surface area contributed by atoms with Gasteiger partial charge in [0.15, 0.2) is 0 Å². The van der Waals surface area contributed by atoms with Crippen molar-refractivity contribution in [3.05, 3.63) is 66.4 Å². The molecule has 1 heterocycles. The SMILES string of the molecule is COc1ccc(-c2cc(NC(=O)c3ccc(OC)nc3)ccc2OC(F)F)cc1. The van der Waals surface area contributed by atoms with E-state index in [0.29, 0.717) is 34.0 Å². The summed E-state index contributed by atoms with van der Waals surface area (Å²) in [5, 5.41) is 2.72. The fourth-order valence-corrected chi connectivity index (χ4v) is 2.64. The number of hydrogen-bond donors (Lipinski definition) is 1. The van der Waals surface area contributed by atoms with Crippen LogP contribution in [0.15, 0.2) is 60.8 Å². The number of rotatable bonds is 7. The van der Waals surface area contributed by atoms with Gasteiger partial charge in [-0.1, -0.05) is 12.1 Å². The highest BCUT2D eigenvalue weighted by Gasteiger charge is 2.14. The van der Waals surface area contributed by atoms with Crippen molar-refractivity contribution in [3.8, 4) is 28.5 Å². The molecule has 0 aliphatic carbocycles. The number of hydrogen-bond acceptors (Lipinski definition) is 5. The summed E-state index contributed by atoms with van der Waals surface area (Å²) in [6.07, 6.45) is 1.38. The maximum Gasteiger partial charge on any atom is 0.387 e. The van der Waals surface area contributed by atoms with Crippen LogP contribution in [0.4, 0.5) is 14.5 Å². The van der Waals surface area contributed by atoms with E-state index in [1.54, 1.807) is 42.5 Å². The van der Waals surface area contributed by atoms with E-state index in [-0.39, 0.29) is 5.75 Å². The van der Waals surface area contributed by atoms with Crippen LogP contribution in [0.3, 0.4) is 0 Å². The van der Waals surface area contributed by atoms with Gasteiger partial charge in [0.1, 0.15) is 11.5 Å². The predicted octanol–water partition coefficient (Wildman–Crippen LogP) is 4.62. The van der Waals surface area contributed by atoms with Gasteiger partial charge in [0, 0.05) is 23.5 Å². The van der Waals surface area contributed by atoms with Crippen molar-refractivity contribution < 1.29 is 27.8 Å². The lowest BCUT2D eigenvalue weighted by Gasteiger charge is -2.14. The fraction of sp³-hybridized carbons (Fsp3) is 0.143. The molecule has 0 unspecified atom stereocenters. The summed E-state index contributed by atoms with van der Waals surface area (Å²) in [5.74, 6) is 0.607. The van der Waals surface area contributed by atoms with Crippen LogP contribution in [0.2, 0.25) is 0 Å². The number of methoxy groups -OCH3 is 2. The summed E-state index contributed by atoms with van der Waals surface area (Å²) in [7, 11) is 3.01. The molecule has 8 heteroatoms. The van der Waals surface area contributed by atoms with Crippen molar-refractivity contribution in [1.82, 2.24) is 4.98 Å². The van der Waals surface area contributed by atoms with Gasteiger partial charge in [-0.05, 0) is 42.0 Å². The molecule has 0 saturated heterocycles. The van der Waals surface area contributed by atoms with Crippen LogP contribution in [0.5, 0.6) is 17.4 Å². The Hall–Kier alpha value is -3.68. The Kier molecular flexibility index (Phi) is 6.23. The molecule has 1 N–H and O–H groups in total. The first-order valence-electron chi connectivity index (χ1n) is 8.55. The number of nitrogens with one attached hydrogen (secondary N) is 1. The van der Waals surface area contributed by atoms with Crippen LogP contribution in [0.25, 0.3) is 11.1 Å². The van der Waals surface area contributed by atoms with Crippen LogP contribution in [-0.2, 0) is 0 Å². The molecule has 2 aromatic carbocycles. The van der Waals surface area contributed by atoms with Gasteiger partial charge in [0.25, 0.3) is 5.91 Å².